The number of carboxylic acids is 1. The quantitative estimate of drug-likeness (QED) is 0.673. The van der Waals surface area contributed by atoms with E-state index in [9.17, 15) is 13.6 Å². The SMILES string of the molecule is COC(OC)C1(C(=O)O)CC1(F)F. The lowest BCUT2D eigenvalue weighted by Gasteiger charge is -2.20. The van der Waals surface area contributed by atoms with Crippen LogP contribution in [0.5, 0.6) is 0 Å². The zero-order valence-electron chi connectivity index (χ0n) is 7.21. The van der Waals surface area contributed by atoms with Gasteiger partial charge in [0.1, 0.15) is 0 Å². The molecule has 1 aliphatic carbocycles. The van der Waals surface area contributed by atoms with Gasteiger partial charge in [0.25, 0.3) is 5.92 Å². The number of hydrogen-bond donors (Lipinski definition) is 1. The van der Waals surface area contributed by atoms with Gasteiger partial charge >= 0.3 is 5.97 Å². The van der Waals surface area contributed by atoms with E-state index in [1.165, 1.54) is 0 Å². The number of hydrogen-bond acceptors (Lipinski definition) is 3. The van der Waals surface area contributed by atoms with Crippen molar-refractivity contribution in [3.05, 3.63) is 0 Å². The van der Waals surface area contributed by atoms with Crippen LogP contribution in [0.15, 0.2) is 0 Å². The molecule has 0 saturated heterocycles. The molecule has 1 atom stereocenters. The summed E-state index contributed by atoms with van der Waals surface area (Å²) in [7, 11) is 2.26. The van der Waals surface area contributed by atoms with E-state index < -0.39 is 30.0 Å². The van der Waals surface area contributed by atoms with Crippen LogP contribution in [0.4, 0.5) is 8.78 Å². The van der Waals surface area contributed by atoms with Crippen molar-refractivity contribution in [1.29, 1.82) is 0 Å². The van der Waals surface area contributed by atoms with Gasteiger partial charge in [-0.2, -0.15) is 0 Å². The van der Waals surface area contributed by atoms with Gasteiger partial charge in [0.05, 0.1) is 0 Å². The Balaban J connectivity index is 2.89. The molecule has 0 spiro atoms. The molecule has 1 unspecified atom stereocenters. The van der Waals surface area contributed by atoms with Crippen molar-refractivity contribution in [2.24, 2.45) is 5.41 Å². The fourth-order valence-corrected chi connectivity index (χ4v) is 1.39. The maximum atomic E-state index is 12.8. The van der Waals surface area contributed by atoms with Crippen LogP contribution < -0.4 is 0 Å². The molecule has 0 radical (unpaired) electrons. The van der Waals surface area contributed by atoms with Crippen LogP contribution in [0.1, 0.15) is 6.42 Å². The summed E-state index contributed by atoms with van der Waals surface area (Å²) in [6, 6.07) is 0. The highest BCUT2D eigenvalue weighted by Gasteiger charge is 2.81. The number of aliphatic carboxylic acids is 1. The summed E-state index contributed by atoms with van der Waals surface area (Å²) in [5.74, 6) is -4.83. The molecule has 0 aliphatic heterocycles. The Morgan fingerprint density at radius 3 is 1.92 bits per heavy atom. The average molecular weight is 196 g/mol. The molecule has 0 aromatic rings. The summed E-state index contributed by atoms with van der Waals surface area (Å²) in [5, 5.41) is 8.63. The van der Waals surface area contributed by atoms with Crippen molar-refractivity contribution in [3.8, 4) is 0 Å². The van der Waals surface area contributed by atoms with Crippen LogP contribution in [0.3, 0.4) is 0 Å². The zero-order chi connectivity index (χ0) is 10.3. The lowest BCUT2D eigenvalue weighted by atomic mass is 10.1. The second-order valence-corrected chi connectivity index (χ2v) is 2.96. The van der Waals surface area contributed by atoms with E-state index in [1.807, 2.05) is 0 Å². The van der Waals surface area contributed by atoms with E-state index >= 15 is 0 Å². The van der Waals surface area contributed by atoms with Crippen LogP contribution in [0, 0.1) is 5.41 Å². The summed E-state index contributed by atoms with van der Waals surface area (Å²) >= 11 is 0. The summed E-state index contributed by atoms with van der Waals surface area (Å²) in [6.07, 6.45) is -2.14. The standard InChI is InChI=1S/C7H10F2O4/c1-12-5(13-2)6(4(10)11)3-7(6,8)9/h5H,3H2,1-2H3,(H,10,11). The van der Waals surface area contributed by atoms with E-state index in [-0.39, 0.29) is 0 Å². The molecule has 1 rings (SSSR count). The second kappa shape index (κ2) is 2.88. The van der Waals surface area contributed by atoms with Crippen LogP contribution in [0.2, 0.25) is 0 Å². The topological polar surface area (TPSA) is 55.8 Å². The second-order valence-electron chi connectivity index (χ2n) is 2.96. The van der Waals surface area contributed by atoms with Gasteiger partial charge in [0.2, 0.25) is 0 Å². The molecule has 4 nitrogen and oxygen atoms in total. The third-order valence-electron chi connectivity index (χ3n) is 2.24. The molecule has 1 fully saturated rings. The summed E-state index contributed by atoms with van der Waals surface area (Å²) in [6.45, 7) is 0. The number of carboxylic acid groups (broad SMARTS) is 1. The molecule has 0 aromatic heterocycles. The van der Waals surface area contributed by atoms with E-state index in [4.69, 9.17) is 5.11 Å². The summed E-state index contributed by atoms with van der Waals surface area (Å²) in [5.41, 5.74) is -2.20. The number of carbonyl (C=O) groups is 1. The average Bonchev–Trinajstić information content (AvgIpc) is 2.58. The highest BCUT2D eigenvalue weighted by atomic mass is 19.3. The highest BCUT2D eigenvalue weighted by Crippen LogP contribution is 2.63. The first-order valence-corrected chi connectivity index (χ1v) is 3.59. The fourth-order valence-electron chi connectivity index (χ4n) is 1.39. The normalized spacial score (nSPS) is 30.5. The van der Waals surface area contributed by atoms with Crippen LogP contribution in [0.25, 0.3) is 0 Å². The van der Waals surface area contributed by atoms with Gasteiger partial charge in [-0.1, -0.05) is 0 Å². The smallest absolute Gasteiger partial charge is 0.321 e. The van der Waals surface area contributed by atoms with Crippen molar-refractivity contribution in [2.75, 3.05) is 14.2 Å². The van der Waals surface area contributed by atoms with Crippen molar-refractivity contribution < 1.29 is 28.2 Å². The molecule has 13 heavy (non-hydrogen) atoms. The summed E-state index contributed by atoms with van der Waals surface area (Å²) < 4.78 is 34.7. The lowest BCUT2D eigenvalue weighted by molar-refractivity contribution is -0.192. The molecular weight excluding hydrogens is 186 g/mol. The Morgan fingerprint density at radius 2 is 1.85 bits per heavy atom. The first kappa shape index (κ1) is 10.3. The summed E-state index contributed by atoms with van der Waals surface area (Å²) in [4.78, 5) is 10.6. The molecular formula is C7H10F2O4. The predicted octanol–water partition coefficient (Wildman–Crippen LogP) is 0.715. The maximum absolute atomic E-state index is 12.8. The zero-order valence-corrected chi connectivity index (χ0v) is 7.21. The fraction of sp³-hybridized carbons (Fsp3) is 0.857. The molecule has 6 heteroatoms. The van der Waals surface area contributed by atoms with E-state index in [0.717, 1.165) is 14.2 Å². The van der Waals surface area contributed by atoms with E-state index in [1.54, 1.807) is 0 Å². The molecule has 76 valence electrons. The molecule has 0 heterocycles. The third kappa shape index (κ3) is 1.21. The lowest BCUT2D eigenvalue weighted by Crippen LogP contribution is -2.37. The van der Waals surface area contributed by atoms with Crippen molar-refractivity contribution in [2.45, 2.75) is 18.6 Å². The number of halogens is 2. The van der Waals surface area contributed by atoms with Crippen LogP contribution >= 0.6 is 0 Å². The van der Waals surface area contributed by atoms with Gasteiger partial charge in [0, 0.05) is 20.6 Å². The van der Waals surface area contributed by atoms with Crippen LogP contribution in [-0.4, -0.2) is 37.5 Å². The van der Waals surface area contributed by atoms with Gasteiger partial charge < -0.3 is 14.6 Å². The van der Waals surface area contributed by atoms with E-state index in [0.29, 0.717) is 0 Å². The number of alkyl halides is 2. The monoisotopic (exact) mass is 196 g/mol. The van der Waals surface area contributed by atoms with Gasteiger partial charge in [0.15, 0.2) is 11.7 Å². The Bertz CT molecular complexity index is 227. The van der Waals surface area contributed by atoms with Crippen molar-refractivity contribution >= 4 is 5.97 Å². The minimum atomic E-state index is -3.24. The first-order valence-electron chi connectivity index (χ1n) is 3.59. The minimum absolute atomic E-state index is 0.734. The van der Waals surface area contributed by atoms with Gasteiger partial charge in [-0.05, 0) is 0 Å². The third-order valence-corrected chi connectivity index (χ3v) is 2.24. The Morgan fingerprint density at radius 1 is 1.46 bits per heavy atom. The van der Waals surface area contributed by atoms with Gasteiger partial charge in [-0.15, -0.1) is 0 Å². The molecule has 1 N–H and O–H groups in total. The minimum Gasteiger partial charge on any atom is -0.481 e. The molecule has 1 saturated carbocycles. The van der Waals surface area contributed by atoms with Crippen molar-refractivity contribution in [3.63, 3.8) is 0 Å². The van der Waals surface area contributed by atoms with E-state index in [2.05, 4.69) is 9.47 Å². The largest absolute Gasteiger partial charge is 0.481 e. The van der Waals surface area contributed by atoms with Crippen LogP contribution in [-0.2, 0) is 14.3 Å². The Hall–Kier alpha value is -0.750. The molecule has 0 bridgehead atoms. The van der Waals surface area contributed by atoms with Gasteiger partial charge in [-0.3, -0.25) is 4.79 Å². The number of methoxy groups -OCH3 is 2. The molecule has 0 aromatic carbocycles. The molecule has 0 amide bonds. The number of rotatable bonds is 4. The van der Waals surface area contributed by atoms with Crippen molar-refractivity contribution in [1.82, 2.24) is 0 Å². The Kier molecular flexibility index (Phi) is 2.29. The Labute approximate surface area is 73.4 Å². The predicted molar refractivity (Wildman–Crippen MR) is 37.4 cm³/mol. The maximum Gasteiger partial charge on any atom is 0.321 e. The first-order chi connectivity index (χ1) is 5.92. The molecule has 1 aliphatic rings. The van der Waals surface area contributed by atoms with Gasteiger partial charge in [-0.25, -0.2) is 8.78 Å². The highest BCUT2D eigenvalue weighted by molar-refractivity contribution is 5.81. The number of ether oxygens (including phenoxy) is 2.